The van der Waals surface area contributed by atoms with Crippen LogP contribution in [0.4, 0.5) is 0 Å². The van der Waals surface area contributed by atoms with Crippen LogP contribution in [0.15, 0.2) is 24.3 Å². The Morgan fingerprint density at radius 3 is 2.41 bits per heavy atom. The van der Waals surface area contributed by atoms with E-state index in [4.69, 9.17) is 14.6 Å². The summed E-state index contributed by atoms with van der Waals surface area (Å²) in [5.74, 6) is 0.617. The van der Waals surface area contributed by atoms with Gasteiger partial charge in [-0.2, -0.15) is 0 Å². The predicted octanol–water partition coefficient (Wildman–Crippen LogP) is 2.33. The van der Waals surface area contributed by atoms with Gasteiger partial charge in [0.15, 0.2) is 6.10 Å². The van der Waals surface area contributed by atoms with Crippen LogP contribution >= 0.6 is 0 Å². The summed E-state index contributed by atoms with van der Waals surface area (Å²) in [6, 6.07) is 7.04. The van der Waals surface area contributed by atoms with E-state index in [-0.39, 0.29) is 5.92 Å². The molecule has 0 saturated heterocycles. The van der Waals surface area contributed by atoms with Crippen LogP contribution < -0.4 is 9.47 Å². The van der Waals surface area contributed by atoms with E-state index in [1.807, 2.05) is 6.92 Å². The minimum atomic E-state index is -0.888. The maximum Gasteiger partial charge on any atom is 0.345 e. The number of carboxylic acids is 1. The molecule has 2 rings (SSSR count). The molecule has 1 N–H and O–H groups in total. The van der Waals surface area contributed by atoms with Crippen molar-refractivity contribution in [3.63, 3.8) is 0 Å². The van der Waals surface area contributed by atoms with Crippen LogP contribution in [0.3, 0.4) is 0 Å². The first-order valence-electron chi connectivity index (χ1n) is 5.83. The molecule has 1 aliphatic carbocycles. The van der Waals surface area contributed by atoms with Gasteiger partial charge in [-0.1, -0.05) is 0 Å². The largest absolute Gasteiger partial charge is 0.494 e. The summed E-state index contributed by atoms with van der Waals surface area (Å²) in [7, 11) is 0. The van der Waals surface area contributed by atoms with Crippen LogP contribution in [0.25, 0.3) is 0 Å². The molecule has 4 heteroatoms. The number of hydrogen-bond acceptors (Lipinski definition) is 3. The average molecular weight is 236 g/mol. The third-order valence-electron chi connectivity index (χ3n) is 2.69. The summed E-state index contributed by atoms with van der Waals surface area (Å²) < 4.78 is 10.8. The number of benzene rings is 1. The molecule has 0 aromatic heterocycles. The van der Waals surface area contributed by atoms with Crippen LogP contribution in [0.2, 0.25) is 0 Å². The van der Waals surface area contributed by atoms with Crippen LogP contribution in [-0.4, -0.2) is 23.8 Å². The van der Waals surface area contributed by atoms with Gasteiger partial charge in [-0.25, -0.2) is 4.79 Å². The van der Waals surface area contributed by atoms with E-state index in [1.165, 1.54) is 0 Å². The molecule has 1 saturated carbocycles. The van der Waals surface area contributed by atoms with Crippen molar-refractivity contribution < 1.29 is 19.4 Å². The highest BCUT2D eigenvalue weighted by Gasteiger charge is 2.38. The van der Waals surface area contributed by atoms with Crippen LogP contribution in [0, 0.1) is 5.92 Å². The molecule has 17 heavy (non-hydrogen) atoms. The van der Waals surface area contributed by atoms with Gasteiger partial charge < -0.3 is 14.6 Å². The Morgan fingerprint density at radius 2 is 1.94 bits per heavy atom. The number of hydrogen-bond donors (Lipinski definition) is 1. The van der Waals surface area contributed by atoms with Crippen molar-refractivity contribution in [3.8, 4) is 11.5 Å². The number of carboxylic acid groups (broad SMARTS) is 1. The second-order valence-electron chi connectivity index (χ2n) is 4.12. The Hall–Kier alpha value is -1.71. The van der Waals surface area contributed by atoms with E-state index < -0.39 is 12.1 Å². The molecule has 0 bridgehead atoms. The molecule has 1 unspecified atom stereocenters. The van der Waals surface area contributed by atoms with Gasteiger partial charge in [0.2, 0.25) is 0 Å². The van der Waals surface area contributed by atoms with Gasteiger partial charge in [0.1, 0.15) is 11.5 Å². The van der Waals surface area contributed by atoms with Gasteiger partial charge >= 0.3 is 5.97 Å². The lowest BCUT2D eigenvalue weighted by molar-refractivity contribution is -0.146. The molecular weight excluding hydrogens is 220 g/mol. The highest BCUT2D eigenvalue weighted by atomic mass is 16.5. The fourth-order valence-electron chi connectivity index (χ4n) is 1.67. The van der Waals surface area contributed by atoms with Crippen LogP contribution in [-0.2, 0) is 4.79 Å². The van der Waals surface area contributed by atoms with Crippen molar-refractivity contribution in [1.82, 2.24) is 0 Å². The second kappa shape index (κ2) is 5.08. The SMILES string of the molecule is CCOc1ccc(OC(C(=O)O)C2CC2)cc1. The van der Waals surface area contributed by atoms with Gasteiger partial charge in [-0.15, -0.1) is 0 Å². The van der Waals surface area contributed by atoms with Gasteiger partial charge in [-0.05, 0) is 44.0 Å². The molecule has 0 amide bonds. The van der Waals surface area contributed by atoms with Gasteiger partial charge in [-0.3, -0.25) is 0 Å². The molecule has 92 valence electrons. The van der Waals surface area contributed by atoms with Crippen LogP contribution in [0.5, 0.6) is 11.5 Å². The zero-order valence-corrected chi connectivity index (χ0v) is 9.76. The summed E-state index contributed by atoms with van der Waals surface area (Å²) in [6.07, 6.45) is 1.16. The van der Waals surface area contributed by atoms with Crippen molar-refractivity contribution in [2.45, 2.75) is 25.9 Å². The Bertz CT molecular complexity index is 381. The Morgan fingerprint density at radius 1 is 1.35 bits per heavy atom. The monoisotopic (exact) mass is 236 g/mol. The Kier molecular flexibility index (Phi) is 3.52. The normalized spacial score (nSPS) is 16.3. The van der Waals surface area contributed by atoms with Crippen LogP contribution in [0.1, 0.15) is 19.8 Å². The van der Waals surface area contributed by atoms with E-state index in [0.717, 1.165) is 18.6 Å². The molecule has 0 aliphatic heterocycles. The second-order valence-corrected chi connectivity index (χ2v) is 4.12. The van der Waals surface area contributed by atoms with E-state index in [0.29, 0.717) is 12.4 Å². The average Bonchev–Trinajstić information content (AvgIpc) is 3.12. The van der Waals surface area contributed by atoms with E-state index in [9.17, 15) is 4.79 Å². The molecule has 0 spiro atoms. The van der Waals surface area contributed by atoms with Crippen molar-refractivity contribution in [1.29, 1.82) is 0 Å². The summed E-state index contributed by atoms with van der Waals surface area (Å²) >= 11 is 0. The maximum absolute atomic E-state index is 11.0. The quantitative estimate of drug-likeness (QED) is 0.823. The molecule has 4 nitrogen and oxygen atoms in total. The lowest BCUT2D eigenvalue weighted by Gasteiger charge is -2.14. The highest BCUT2D eigenvalue weighted by Crippen LogP contribution is 2.35. The number of ether oxygens (including phenoxy) is 2. The fraction of sp³-hybridized carbons (Fsp3) is 0.462. The highest BCUT2D eigenvalue weighted by molar-refractivity contribution is 5.73. The van der Waals surface area contributed by atoms with Crippen molar-refractivity contribution in [3.05, 3.63) is 24.3 Å². The van der Waals surface area contributed by atoms with Gasteiger partial charge in [0.25, 0.3) is 0 Å². The lowest BCUT2D eigenvalue weighted by Crippen LogP contribution is -2.29. The zero-order chi connectivity index (χ0) is 12.3. The molecule has 1 aromatic carbocycles. The van der Waals surface area contributed by atoms with Gasteiger partial charge in [0, 0.05) is 5.92 Å². The number of carbonyl (C=O) groups is 1. The Labute approximate surface area is 100 Å². The molecule has 1 fully saturated rings. The van der Waals surface area contributed by atoms with Gasteiger partial charge in [0.05, 0.1) is 6.61 Å². The standard InChI is InChI=1S/C13H16O4/c1-2-16-10-5-7-11(8-6-10)17-12(13(14)15)9-3-4-9/h5-9,12H,2-4H2,1H3,(H,14,15). The number of aliphatic carboxylic acids is 1. The molecular formula is C13H16O4. The number of rotatable bonds is 6. The summed E-state index contributed by atoms with van der Waals surface area (Å²) in [5, 5.41) is 9.03. The minimum Gasteiger partial charge on any atom is -0.494 e. The van der Waals surface area contributed by atoms with Crippen molar-refractivity contribution >= 4 is 5.97 Å². The summed E-state index contributed by atoms with van der Waals surface area (Å²) in [6.45, 7) is 2.53. The fourth-order valence-corrected chi connectivity index (χ4v) is 1.67. The molecule has 1 aromatic rings. The zero-order valence-electron chi connectivity index (χ0n) is 9.76. The molecule has 1 aliphatic rings. The van der Waals surface area contributed by atoms with Crippen molar-refractivity contribution in [2.24, 2.45) is 5.92 Å². The topological polar surface area (TPSA) is 55.8 Å². The third-order valence-corrected chi connectivity index (χ3v) is 2.69. The molecule has 0 radical (unpaired) electrons. The lowest BCUT2D eigenvalue weighted by atomic mass is 10.2. The molecule has 1 atom stereocenters. The first-order valence-corrected chi connectivity index (χ1v) is 5.83. The summed E-state index contributed by atoms with van der Waals surface area (Å²) in [5.41, 5.74) is 0. The van der Waals surface area contributed by atoms with Crippen molar-refractivity contribution in [2.75, 3.05) is 6.61 Å². The maximum atomic E-state index is 11.0. The van der Waals surface area contributed by atoms with E-state index >= 15 is 0 Å². The Balaban J connectivity index is 1.99. The predicted molar refractivity (Wildman–Crippen MR) is 62.4 cm³/mol. The first-order chi connectivity index (χ1) is 8.20. The minimum absolute atomic E-state index is 0.166. The molecule has 0 heterocycles. The smallest absolute Gasteiger partial charge is 0.345 e. The first kappa shape index (κ1) is 11.8. The summed E-state index contributed by atoms with van der Waals surface area (Å²) in [4.78, 5) is 11.0. The third kappa shape index (κ3) is 3.12. The van der Waals surface area contributed by atoms with E-state index in [2.05, 4.69) is 0 Å². The van der Waals surface area contributed by atoms with E-state index in [1.54, 1.807) is 24.3 Å².